The zero-order valence-corrected chi connectivity index (χ0v) is 9.69. The molecule has 17 heavy (non-hydrogen) atoms. The molecule has 1 rings (SSSR count). The summed E-state index contributed by atoms with van der Waals surface area (Å²) in [5.41, 5.74) is -0.750. The molecule has 0 heterocycles. The minimum Gasteiger partial charge on any atom is -0.478 e. The monoisotopic (exact) mass is 281 g/mol. The summed E-state index contributed by atoms with van der Waals surface area (Å²) in [5.74, 6) is -1.63. The molecule has 0 unspecified atom stereocenters. The van der Waals surface area contributed by atoms with Crippen LogP contribution in [0.5, 0.6) is 0 Å². The summed E-state index contributed by atoms with van der Waals surface area (Å²) in [6.45, 7) is 0. The smallest absolute Gasteiger partial charge is 0.337 e. The summed E-state index contributed by atoms with van der Waals surface area (Å²) in [6.07, 6.45) is 0. The predicted molar refractivity (Wildman–Crippen MR) is 54.6 cm³/mol. The van der Waals surface area contributed by atoms with Gasteiger partial charge in [-0.1, -0.05) is 0 Å². The standard InChI is InChI=1S/C7H7NO7S2/c8-16(11,12)4-1-2-5(7(9)10)6(3-4)17(13,14)15/h1-3H,(H,9,10)(H2,8,11,12)(H,13,14,15). The van der Waals surface area contributed by atoms with Crippen molar-refractivity contribution in [3.05, 3.63) is 23.8 Å². The van der Waals surface area contributed by atoms with Crippen molar-refractivity contribution in [2.24, 2.45) is 5.14 Å². The van der Waals surface area contributed by atoms with Crippen LogP contribution in [-0.2, 0) is 20.1 Å². The van der Waals surface area contributed by atoms with E-state index in [9.17, 15) is 21.6 Å². The van der Waals surface area contributed by atoms with Crippen LogP contribution in [0.4, 0.5) is 0 Å². The van der Waals surface area contributed by atoms with Gasteiger partial charge < -0.3 is 5.11 Å². The molecule has 8 nitrogen and oxygen atoms in total. The summed E-state index contributed by atoms with van der Waals surface area (Å²) >= 11 is 0. The molecule has 0 atom stereocenters. The number of sulfonamides is 1. The lowest BCUT2D eigenvalue weighted by molar-refractivity contribution is 0.0692. The fourth-order valence-corrected chi connectivity index (χ4v) is 2.39. The Bertz CT molecular complexity index is 674. The van der Waals surface area contributed by atoms with Gasteiger partial charge in [0, 0.05) is 0 Å². The van der Waals surface area contributed by atoms with E-state index in [1.165, 1.54) is 0 Å². The Labute approximate surface area is 96.5 Å². The lowest BCUT2D eigenvalue weighted by Crippen LogP contribution is -2.15. The minimum absolute atomic E-state index is 0.480. The number of hydrogen-bond donors (Lipinski definition) is 3. The summed E-state index contributed by atoms with van der Waals surface area (Å²) in [4.78, 5) is 9.03. The molecule has 1 aromatic carbocycles. The van der Waals surface area contributed by atoms with Crippen LogP contribution < -0.4 is 5.14 Å². The van der Waals surface area contributed by atoms with Crippen molar-refractivity contribution in [2.45, 2.75) is 9.79 Å². The lowest BCUT2D eigenvalue weighted by Gasteiger charge is -2.05. The van der Waals surface area contributed by atoms with E-state index >= 15 is 0 Å². The number of carboxylic acid groups (broad SMARTS) is 1. The van der Waals surface area contributed by atoms with Crippen LogP contribution in [0.3, 0.4) is 0 Å². The number of nitrogens with two attached hydrogens (primary N) is 1. The fraction of sp³-hybridized carbons (Fsp3) is 0. The molecule has 0 radical (unpaired) electrons. The van der Waals surface area contributed by atoms with Crippen LogP contribution in [0, 0.1) is 0 Å². The molecule has 4 N–H and O–H groups in total. The first-order chi connectivity index (χ1) is 7.53. The molecule has 0 saturated heterocycles. The van der Waals surface area contributed by atoms with Gasteiger partial charge in [-0.05, 0) is 18.2 Å². The average molecular weight is 281 g/mol. The highest BCUT2D eigenvalue weighted by molar-refractivity contribution is 7.89. The van der Waals surface area contributed by atoms with E-state index in [0.717, 1.165) is 12.1 Å². The van der Waals surface area contributed by atoms with Crippen molar-refractivity contribution in [2.75, 3.05) is 0 Å². The molecule has 0 aromatic heterocycles. The molecule has 1 aromatic rings. The quantitative estimate of drug-likeness (QED) is 0.618. The molecular formula is C7H7NO7S2. The highest BCUT2D eigenvalue weighted by Crippen LogP contribution is 2.19. The van der Waals surface area contributed by atoms with Crippen LogP contribution in [0.1, 0.15) is 10.4 Å². The lowest BCUT2D eigenvalue weighted by atomic mass is 10.2. The molecule has 0 saturated carbocycles. The van der Waals surface area contributed by atoms with E-state index in [0.29, 0.717) is 6.07 Å². The Morgan fingerprint density at radius 2 is 1.71 bits per heavy atom. The molecule has 0 amide bonds. The van der Waals surface area contributed by atoms with Crippen LogP contribution in [-0.4, -0.2) is 32.5 Å². The van der Waals surface area contributed by atoms with Gasteiger partial charge in [-0.3, -0.25) is 4.55 Å². The van der Waals surface area contributed by atoms with E-state index < -0.39 is 41.5 Å². The summed E-state index contributed by atoms with van der Waals surface area (Å²) in [6, 6.07) is 2.03. The van der Waals surface area contributed by atoms with Crippen molar-refractivity contribution in [3.63, 3.8) is 0 Å². The van der Waals surface area contributed by atoms with E-state index in [1.54, 1.807) is 0 Å². The second-order valence-electron chi connectivity index (χ2n) is 2.98. The Kier molecular flexibility index (Phi) is 3.25. The molecule has 0 fully saturated rings. The summed E-state index contributed by atoms with van der Waals surface area (Å²) in [5, 5.41) is 13.4. The first-order valence-electron chi connectivity index (χ1n) is 3.91. The molecule has 0 aliphatic heterocycles. The van der Waals surface area contributed by atoms with E-state index in [1.807, 2.05) is 0 Å². The predicted octanol–water partition coefficient (Wildman–Crippen LogP) is -0.721. The van der Waals surface area contributed by atoms with Gasteiger partial charge in [-0.15, -0.1) is 0 Å². The maximum atomic E-state index is 10.9. The average Bonchev–Trinajstić information content (AvgIpc) is 2.14. The number of primary sulfonamides is 1. The number of aromatic carboxylic acids is 1. The van der Waals surface area contributed by atoms with Gasteiger partial charge in [0.1, 0.15) is 4.90 Å². The number of benzene rings is 1. The Morgan fingerprint density at radius 1 is 1.18 bits per heavy atom. The minimum atomic E-state index is -4.86. The van der Waals surface area contributed by atoms with Crippen LogP contribution in [0.25, 0.3) is 0 Å². The van der Waals surface area contributed by atoms with Gasteiger partial charge in [0.2, 0.25) is 10.0 Å². The van der Waals surface area contributed by atoms with Crippen LogP contribution in [0.15, 0.2) is 28.0 Å². The van der Waals surface area contributed by atoms with Crippen molar-refractivity contribution in [3.8, 4) is 0 Å². The van der Waals surface area contributed by atoms with E-state index in [4.69, 9.17) is 14.8 Å². The van der Waals surface area contributed by atoms with E-state index in [-0.39, 0.29) is 0 Å². The highest BCUT2D eigenvalue weighted by atomic mass is 32.2. The maximum absolute atomic E-state index is 10.9. The Hall–Kier alpha value is -1.49. The van der Waals surface area contributed by atoms with Crippen molar-refractivity contribution >= 4 is 26.1 Å². The van der Waals surface area contributed by atoms with Crippen LogP contribution >= 0.6 is 0 Å². The van der Waals surface area contributed by atoms with Gasteiger partial charge in [-0.25, -0.2) is 18.4 Å². The van der Waals surface area contributed by atoms with Gasteiger partial charge in [0.15, 0.2) is 0 Å². The zero-order valence-electron chi connectivity index (χ0n) is 8.06. The highest BCUT2D eigenvalue weighted by Gasteiger charge is 2.23. The van der Waals surface area contributed by atoms with Gasteiger partial charge in [0.05, 0.1) is 10.5 Å². The fourth-order valence-electron chi connectivity index (χ4n) is 1.07. The van der Waals surface area contributed by atoms with Gasteiger partial charge in [-0.2, -0.15) is 8.42 Å². The molecular weight excluding hydrogens is 274 g/mol. The van der Waals surface area contributed by atoms with Crippen LogP contribution in [0.2, 0.25) is 0 Å². The summed E-state index contributed by atoms with van der Waals surface area (Å²) < 4.78 is 52.5. The SMILES string of the molecule is NS(=O)(=O)c1ccc(C(=O)O)c(S(=O)(=O)O)c1. The third-order valence-electron chi connectivity index (χ3n) is 1.79. The van der Waals surface area contributed by atoms with Gasteiger partial charge in [0.25, 0.3) is 10.1 Å². The first kappa shape index (κ1) is 13.6. The Balaban J connectivity index is 3.69. The van der Waals surface area contributed by atoms with E-state index in [2.05, 4.69) is 0 Å². The normalized spacial score (nSPS) is 12.4. The first-order valence-corrected chi connectivity index (χ1v) is 6.90. The van der Waals surface area contributed by atoms with Crippen molar-refractivity contribution in [1.29, 1.82) is 0 Å². The molecule has 0 aliphatic rings. The molecule has 94 valence electrons. The molecule has 0 aliphatic carbocycles. The third kappa shape index (κ3) is 3.00. The third-order valence-corrected chi connectivity index (χ3v) is 3.59. The number of hydrogen-bond acceptors (Lipinski definition) is 5. The van der Waals surface area contributed by atoms with Crippen molar-refractivity contribution in [1.82, 2.24) is 0 Å². The second-order valence-corrected chi connectivity index (χ2v) is 5.93. The zero-order chi connectivity index (χ0) is 13.4. The number of rotatable bonds is 3. The molecule has 0 spiro atoms. The number of carboxylic acids is 1. The van der Waals surface area contributed by atoms with Crippen molar-refractivity contribution < 1.29 is 31.3 Å². The Morgan fingerprint density at radius 3 is 2.06 bits per heavy atom. The summed E-state index contributed by atoms with van der Waals surface area (Å²) in [7, 11) is -9.06. The number of carbonyl (C=O) groups is 1. The largest absolute Gasteiger partial charge is 0.478 e. The maximum Gasteiger partial charge on any atom is 0.337 e. The topological polar surface area (TPSA) is 152 Å². The second kappa shape index (κ2) is 4.07. The molecule has 10 heteroatoms. The molecule has 0 bridgehead atoms. The van der Waals surface area contributed by atoms with Gasteiger partial charge >= 0.3 is 5.97 Å².